The number of amides is 1. The maximum atomic E-state index is 13.2. The summed E-state index contributed by atoms with van der Waals surface area (Å²) in [4.78, 5) is 13.2. The fourth-order valence-corrected chi connectivity index (χ4v) is 5.65. The van der Waals surface area contributed by atoms with Gasteiger partial charge in [-0.3, -0.25) is 4.79 Å². The van der Waals surface area contributed by atoms with Crippen LogP contribution >= 0.6 is 0 Å². The molecule has 0 spiro atoms. The molecule has 0 unspecified atom stereocenters. The van der Waals surface area contributed by atoms with Crippen LogP contribution in [0.1, 0.15) is 29.6 Å². The van der Waals surface area contributed by atoms with E-state index < -0.39 is 10.0 Å². The van der Waals surface area contributed by atoms with Gasteiger partial charge in [-0.05, 0) is 48.2 Å². The molecular formula is C25H26N2O4S. The summed E-state index contributed by atoms with van der Waals surface area (Å²) in [5.74, 6) is -0.0470. The molecule has 166 valence electrons. The minimum atomic E-state index is -3.72. The summed E-state index contributed by atoms with van der Waals surface area (Å²) in [7, 11) is -2.28. The van der Waals surface area contributed by atoms with Crippen molar-refractivity contribution in [1.29, 1.82) is 0 Å². The lowest BCUT2D eigenvalue weighted by atomic mass is 9.99. The van der Waals surface area contributed by atoms with Crippen molar-refractivity contribution in [3.63, 3.8) is 0 Å². The number of methoxy groups -OCH3 is 1. The molecule has 7 heteroatoms. The van der Waals surface area contributed by atoms with Crippen molar-refractivity contribution >= 4 is 21.6 Å². The third kappa shape index (κ3) is 4.54. The first-order chi connectivity index (χ1) is 15.5. The number of hydrogen-bond donors (Lipinski definition) is 1. The van der Waals surface area contributed by atoms with E-state index >= 15 is 0 Å². The van der Waals surface area contributed by atoms with Crippen molar-refractivity contribution in [3.8, 4) is 16.9 Å². The van der Waals surface area contributed by atoms with Gasteiger partial charge in [-0.25, -0.2) is 8.42 Å². The standard InChI is InChI=1S/C25H26N2O4S/c1-31-23-15-14-20(18-24(23)32(29,30)27-16-8-3-9-17-27)26-25(28)22-13-7-6-12-21(22)19-10-4-2-5-11-19/h2,4-7,10-15,18H,3,8-9,16-17H2,1H3,(H,26,28). The Morgan fingerprint density at radius 2 is 1.59 bits per heavy atom. The first kappa shape index (κ1) is 22.0. The molecule has 0 aromatic heterocycles. The van der Waals surface area contributed by atoms with Crippen molar-refractivity contribution in [2.45, 2.75) is 24.2 Å². The van der Waals surface area contributed by atoms with E-state index in [0.717, 1.165) is 30.4 Å². The molecule has 32 heavy (non-hydrogen) atoms. The summed E-state index contributed by atoms with van der Waals surface area (Å²) in [5.41, 5.74) is 2.64. The molecule has 1 aliphatic rings. The number of nitrogens with zero attached hydrogens (tertiary/aromatic N) is 1. The molecule has 1 saturated heterocycles. The highest BCUT2D eigenvalue weighted by molar-refractivity contribution is 7.89. The highest BCUT2D eigenvalue weighted by Gasteiger charge is 2.29. The molecule has 0 radical (unpaired) electrons. The largest absolute Gasteiger partial charge is 0.495 e. The summed E-state index contributed by atoms with van der Waals surface area (Å²) in [6.07, 6.45) is 2.71. The second-order valence-electron chi connectivity index (χ2n) is 7.70. The number of benzene rings is 3. The van der Waals surface area contributed by atoms with E-state index in [1.165, 1.54) is 17.5 Å². The SMILES string of the molecule is COc1ccc(NC(=O)c2ccccc2-c2ccccc2)cc1S(=O)(=O)N1CCCCC1. The normalized spacial score (nSPS) is 14.7. The Morgan fingerprint density at radius 3 is 2.31 bits per heavy atom. The van der Waals surface area contributed by atoms with E-state index in [0.29, 0.717) is 24.3 Å². The smallest absolute Gasteiger partial charge is 0.256 e. The maximum Gasteiger partial charge on any atom is 0.256 e. The zero-order valence-corrected chi connectivity index (χ0v) is 18.8. The number of carbonyl (C=O) groups excluding carboxylic acids is 1. The van der Waals surface area contributed by atoms with Gasteiger partial charge in [0.05, 0.1) is 7.11 Å². The van der Waals surface area contributed by atoms with Crippen molar-refractivity contribution in [2.24, 2.45) is 0 Å². The molecule has 1 fully saturated rings. The van der Waals surface area contributed by atoms with Crippen molar-refractivity contribution in [3.05, 3.63) is 78.4 Å². The number of carbonyl (C=O) groups is 1. The molecule has 0 aliphatic carbocycles. The Balaban J connectivity index is 1.65. The van der Waals surface area contributed by atoms with E-state index in [1.807, 2.05) is 48.5 Å². The summed E-state index contributed by atoms with van der Waals surface area (Å²) in [6, 6.07) is 21.7. The number of sulfonamides is 1. The van der Waals surface area contributed by atoms with Crippen LogP contribution in [-0.4, -0.2) is 38.8 Å². The minimum Gasteiger partial charge on any atom is -0.495 e. The zero-order chi connectivity index (χ0) is 22.6. The maximum absolute atomic E-state index is 13.2. The van der Waals surface area contributed by atoms with E-state index in [4.69, 9.17) is 4.74 Å². The number of ether oxygens (including phenoxy) is 1. The van der Waals surface area contributed by atoms with E-state index in [9.17, 15) is 13.2 Å². The lowest BCUT2D eigenvalue weighted by Gasteiger charge is -2.26. The van der Waals surface area contributed by atoms with Gasteiger partial charge in [-0.1, -0.05) is 55.0 Å². The topological polar surface area (TPSA) is 75.7 Å². The molecule has 6 nitrogen and oxygen atoms in total. The third-order valence-corrected chi connectivity index (χ3v) is 7.53. The number of piperidine rings is 1. The second-order valence-corrected chi connectivity index (χ2v) is 9.60. The first-order valence-electron chi connectivity index (χ1n) is 10.6. The van der Waals surface area contributed by atoms with Gasteiger partial charge in [-0.2, -0.15) is 4.31 Å². The van der Waals surface area contributed by atoms with Crippen LogP contribution in [0.3, 0.4) is 0 Å². The van der Waals surface area contributed by atoms with Crippen molar-refractivity contribution < 1.29 is 17.9 Å². The van der Waals surface area contributed by atoms with E-state index in [2.05, 4.69) is 5.32 Å². The van der Waals surface area contributed by atoms with Gasteiger partial charge in [0.15, 0.2) is 0 Å². The number of rotatable bonds is 6. The number of anilines is 1. The summed E-state index contributed by atoms with van der Waals surface area (Å²) in [6.45, 7) is 0.985. The molecule has 0 atom stereocenters. The molecule has 1 amide bonds. The Labute approximate surface area is 188 Å². The van der Waals surface area contributed by atoms with E-state index in [-0.39, 0.29) is 16.6 Å². The monoisotopic (exact) mass is 450 g/mol. The molecule has 3 aromatic carbocycles. The number of nitrogens with one attached hydrogen (secondary N) is 1. The van der Waals surface area contributed by atoms with Gasteiger partial charge < -0.3 is 10.1 Å². The van der Waals surface area contributed by atoms with Gasteiger partial charge in [0.25, 0.3) is 5.91 Å². The summed E-state index contributed by atoms with van der Waals surface area (Å²) < 4.78 is 33.3. The van der Waals surface area contributed by atoms with Crippen LogP contribution in [0.2, 0.25) is 0 Å². The molecule has 0 bridgehead atoms. The second kappa shape index (κ2) is 9.54. The molecule has 3 aromatic rings. The Bertz CT molecular complexity index is 1200. The quantitative estimate of drug-likeness (QED) is 0.586. The van der Waals surface area contributed by atoms with Crippen LogP contribution in [0.25, 0.3) is 11.1 Å². The predicted molar refractivity (Wildman–Crippen MR) is 125 cm³/mol. The van der Waals surface area contributed by atoms with Crippen LogP contribution in [0.15, 0.2) is 77.7 Å². The molecule has 1 N–H and O–H groups in total. The molecule has 1 heterocycles. The van der Waals surface area contributed by atoms with Crippen molar-refractivity contribution in [1.82, 2.24) is 4.31 Å². The highest BCUT2D eigenvalue weighted by Crippen LogP contribution is 2.32. The summed E-state index contributed by atoms with van der Waals surface area (Å²) >= 11 is 0. The van der Waals surface area contributed by atoms with Gasteiger partial charge >= 0.3 is 0 Å². The predicted octanol–water partition coefficient (Wildman–Crippen LogP) is 4.79. The lowest BCUT2D eigenvalue weighted by molar-refractivity contribution is 0.102. The van der Waals surface area contributed by atoms with Gasteiger partial charge in [-0.15, -0.1) is 0 Å². The molecular weight excluding hydrogens is 424 g/mol. The van der Waals surface area contributed by atoms with Crippen LogP contribution < -0.4 is 10.1 Å². The Morgan fingerprint density at radius 1 is 0.906 bits per heavy atom. The number of hydrogen-bond acceptors (Lipinski definition) is 4. The Kier molecular flexibility index (Phi) is 6.58. The van der Waals surface area contributed by atoms with Crippen LogP contribution in [-0.2, 0) is 10.0 Å². The van der Waals surface area contributed by atoms with Crippen LogP contribution in [0.5, 0.6) is 5.75 Å². The fourth-order valence-electron chi connectivity index (χ4n) is 3.95. The summed E-state index contributed by atoms with van der Waals surface area (Å²) in [5, 5.41) is 2.86. The van der Waals surface area contributed by atoms with Crippen LogP contribution in [0, 0.1) is 0 Å². The van der Waals surface area contributed by atoms with Crippen LogP contribution in [0.4, 0.5) is 5.69 Å². The lowest BCUT2D eigenvalue weighted by Crippen LogP contribution is -2.35. The third-order valence-electron chi connectivity index (χ3n) is 5.61. The average Bonchev–Trinajstić information content (AvgIpc) is 2.85. The zero-order valence-electron chi connectivity index (χ0n) is 18.0. The van der Waals surface area contributed by atoms with Gasteiger partial charge in [0, 0.05) is 24.3 Å². The minimum absolute atomic E-state index is 0.0658. The van der Waals surface area contributed by atoms with Gasteiger partial charge in [0.2, 0.25) is 10.0 Å². The first-order valence-corrected chi connectivity index (χ1v) is 12.1. The molecule has 1 aliphatic heterocycles. The molecule has 0 saturated carbocycles. The van der Waals surface area contributed by atoms with Gasteiger partial charge in [0.1, 0.15) is 10.6 Å². The van der Waals surface area contributed by atoms with E-state index in [1.54, 1.807) is 18.2 Å². The fraction of sp³-hybridized carbons (Fsp3) is 0.240. The highest BCUT2D eigenvalue weighted by atomic mass is 32.2. The molecule has 4 rings (SSSR count). The van der Waals surface area contributed by atoms with Crippen molar-refractivity contribution in [2.75, 3.05) is 25.5 Å². The Hall–Kier alpha value is -3.16. The average molecular weight is 451 g/mol.